The predicted octanol–water partition coefficient (Wildman–Crippen LogP) is -18.3. The zero-order valence-electron chi connectivity index (χ0n) is 26.6. The van der Waals surface area contributed by atoms with E-state index in [0.29, 0.717) is 40.2 Å². The molecule has 0 unspecified atom stereocenters. The molecule has 0 saturated carbocycles. The molecule has 4 radical (unpaired) electrons. The summed E-state index contributed by atoms with van der Waals surface area (Å²) in [7, 11) is -16.2. The summed E-state index contributed by atoms with van der Waals surface area (Å²) >= 11 is 0. The summed E-state index contributed by atoms with van der Waals surface area (Å²) in [6.07, 6.45) is 3.19. The Morgan fingerprint density at radius 2 is 0.811 bits per heavy atom. The molecule has 0 fully saturated rings. The average Bonchev–Trinajstić information content (AvgIpc) is 2.95. The minimum Gasteiger partial charge on any atom is -0.390 e. The van der Waals surface area contributed by atoms with Crippen LogP contribution in [0.25, 0.3) is 0 Å². The Balaban J connectivity index is -0.000000449. The SMILES string of the molecule is Cc1nc(N(C)/N=C/c2cccc(CO)n2)cc(N(C)/N=C/c2cccc(CO)n2)n1.[O-][Cl+3]([O-])([O-])[O-].[O-][Cl+3]([O-])([O-])[O-].[O-][Cl+3]([O-])([O-])[O-].[O-][Cl+3]([O-])([O-])[O-].[Pb+2].[Pb+2]. The van der Waals surface area contributed by atoms with E-state index in [0.717, 1.165) is 0 Å². The number of pyridine rings is 2. The molecular formula is C21H24Cl4N8O18Pb2. The van der Waals surface area contributed by atoms with E-state index in [1.807, 2.05) is 12.1 Å². The van der Waals surface area contributed by atoms with E-state index >= 15 is 0 Å². The number of hydrazone groups is 2. The fourth-order valence-electron chi connectivity index (χ4n) is 2.59. The second-order valence-electron chi connectivity index (χ2n) is 8.10. The van der Waals surface area contributed by atoms with Gasteiger partial charge in [-0.15, -0.1) is 41.0 Å². The van der Waals surface area contributed by atoms with Gasteiger partial charge in [0.2, 0.25) is 0 Å². The van der Waals surface area contributed by atoms with Gasteiger partial charge in [0, 0.05) is 20.2 Å². The van der Waals surface area contributed by atoms with Crippen molar-refractivity contribution in [1.82, 2.24) is 19.9 Å². The molecule has 0 aromatic carbocycles. The minimum atomic E-state index is -4.94. The molecule has 0 saturated heterocycles. The van der Waals surface area contributed by atoms with E-state index in [1.54, 1.807) is 73.8 Å². The monoisotopic (exact) mass is 1230 g/mol. The summed E-state index contributed by atoms with van der Waals surface area (Å²) < 4.78 is 136. The van der Waals surface area contributed by atoms with Crippen LogP contribution in [0.2, 0.25) is 0 Å². The van der Waals surface area contributed by atoms with Crippen LogP contribution < -0.4 is 84.6 Å². The maximum absolute atomic E-state index is 9.21. The number of hydrogen-bond donors (Lipinski definition) is 2. The van der Waals surface area contributed by atoms with Crippen molar-refractivity contribution < 1.29 is 126 Å². The van der Waals surface area contributed by atoms with Gasteiger partial charge in [0.15, 0.2) is 11.6 Å². The summed E-state index contributed by atoms with van der Waals surface area (Å²) in [4.78, 5) is 17.4. The predicted molar refractivity (Wildman–Crippen MR) is 131 cm³/mol. The minimum absolute atomic E-state index is 0. The van der Waals surface area contributed by atoms with Gasteiger partial charge in [0.05, 0.1) is 48.4 Å². The van der Waals surface area contributed by atoms with Crippen molar-refractivity contribution in [3.63, 3.8) is 0 Å². The maximum atomic E-state index is 9.21. The molecule has 3 rings (SSSR count). The molecule has 0 aliphatic carbocycles. The van der Waals surface area contributed by atoms with E-state index in [4.69, 9.17) is 74.5 Å². The van der Waals surface area contributed by atoms with Gasteiger partial charge in [-0.3, -0.25) is 10.0 Å². The molecule has 0 amide bonds. The van der Waals surface area contributed by atoms with Crippen LogP contribution >= 0.6 is 0 Å². The van der Waals surface area contributed by atoms with Gasteiger partial charge in [-0.1, -0.05) is 12.1 Å². The zero-order valence-corrected chi connectivity index (χ0v) is 37.4. The van der Waals surface area contributed by atoms with Crippen LogP contribution in [0, 0.1) is 47.9 Å². The van der Waals surface area contributed by atoms with Gasteiger partial charge >= 0.3 is 54.6 Å². The number of aromatic nitrogens is 4. The first-order chi connectivity index (χ1) is 23.0. The molecule has 0 aliphatic rings. The number of anilines is 2. The fraction of sp³-hybridized carbons (Fsp3) is 0.238. The number of nitrogens with zero attached hydrogens (tertiary/aromatic N) is 8. The van der Waals surface area contributed by atoms with Crippen LogP contribution in [0.1, 0.15) is 28.6 Å². The van der Waals surface area contributed by atoms with E-state index in [2.05, 4.69) is 30.1 Å². The standard InChI is InChI=1S/C21H24N8O2.4ClHO4.2Pb/c1-15-24-20(28(2)22-11-16-6-4-8-18(13-30)26-16)10-21(25-15)29(3)23-12-17-7-5-9-19(14-31)27-17;4*2-1(3,4)5;;/h4-12,30-31H,13-14H2,1-3H3;4*(H,2,3,4,5);;/q;;;;;2*+2/p-4/b22-11+,23-12+;;;;;;. The first-order valence-electron chi connectivity index (χ1n) is 12.0. The van der Waals surface area contributed by atoms with Crippen LogP contribution in [0.3, 0.4) is 0 Å². The summed E-state index contributed by atoms with van der Waals surface area (Å²) in [5, 5.41) is 30.4. The summed E-state index contributed by atoms with van der Waals surface area (Å²) in [5.41, 5.74) is 2.41. The largest absolute Gasteiger partial charge is 2.00 e. The molecule has 32 heteroatoms. The Bertz CT molecular complexity index is 1350. The van der Waals surface area contributed by atoms with Gasteiger partial charge in [0.25, 0.3) is 0 Å². The van der Waals surface area contributed by atoms with Crippen molar-refractivity contribution in [1.29, 1.82) is 0 Å². The molecular weight excluding hydrogens is 1210 g/mol. The smallest absolute Gasteiger partial charge is 0.390 e. The third-order valence-electron chi connectivity index (χ3n) is 4.18. The summed E-state index contributed by atoms with van der Waals surface area (Å²) in [5.74, 6) is 1.73. The molecule has 0 spiro atoms. The van der Waals surface area contributed by atoms with E-state index < -0.39 is 41.0 Å². The van der Waals surface area contributed by atoms with Gasteiger partial charge in [0.1, 0.15) is 5.82 Å². The number of aliphatic hydroxyl groups excluding tert-OH is 2. The Hall–Kier alpha value is -1.40. The Kier molecular flexibility index (Phi) is 30.9. The second-order valence-corrected chi connectivity index (χ2v) is 11.1. The summed E-state index contributed by atoms with van der Waals surface area (Å²) in [6, 6.07) is 12.5. The maximum Gasteiger partial charge on any atom is 2.00 e. The van der Waals surface area contributed by atoms with Crippen molar-refractivity contribution >= 4 is 78.7 Å². The van der Waals surface area contributed by atoms with E-state index in [-0.39, 0.29) is 67.8 Å². The fourth-order valence-corrected chi connectivity index (χ4v) is 2.59. The van der Waals surface area contributed by atoms with Crippen LogP contribution in [0.5, 0.6) is 0 Å². The Labute approximate surface area is 347 Å². The summed E-state index contributed by atoms with van der Waals surface area (Å²) in [6.45, 7) is 1.54. The quantitative estimate of drug-likeness (QED) is 0.120. The third kappa shape index (κ3) is 43.2. The van der Waals surface area contributed by atoms with Crippen molar-refractivity contribution in [2.24, 2.45) is 10.2 Å². The molecule has 0 atom stereocenters. The average molecular weight is 1230 g/mol. The third-order valence-corrected chi connectivity index (χ3v) is 4.18. The van der Waals surface area contributed by atoms with Crippen LogP contribution in [0.15, 0.2) is 52.7 Å². The molecule has 292 valence electrons. The zero-order chi connectivity index (χ0) is 40.2. The van der Waals surface area contributed by atoms with Gasteiger partial charge in [-0.2, -0.15) is 10.2 Å². The Morgan fingerprint density at radius 3 is 1.06 bits per heavy atom. The molecule has 0 bridgehead atoms. The molecule has 26 nitrogen and oxygen atoms in total. The normalized spacial score (nSPS) is 11.2. The topological polar surface area (TPSA) is 492 Å². The second kappa shape index (κ2) is 28.1. The molecule has 3 aromatic heterocycles. The molecule has 3 aromatic rings. The van der Waals surface area contributed by atoms with E-state index in [1.165, 1.54) is 0 Å². The molecule has 2 N–H and O–H groups in total. The van der Waals surface area contributed by atoms with Crippen molar-refractivity contribution in [2.75, 3.05) is 24.1 Å². The number of aliphatic hydroxyl groups is 2. The van der Waals surface area contributed by atoms with E-state index in [9.17, 15) is 10.2 Å². The molecule has 3 heterocycles. The number of rotatable bonds is 8. The van der Waals surface area contributed by atoms with Crippen LogP contribution in [-0.4, -0.2) is 111 Å². The number of aryl methyl sites for hydroxylation is 1. The Morgan fingerprint density at radius 1 is 0.547 bits per heavy atom. The van der Waals surface area contributed by atoms with Crippen molar-refractivity contribution in [3.05, 3.63) is 71.1 Å². The van der Waals surface area contributed by atoms with Gasteiger partial charge < -0.3 is 10.2 Å². The van der Waals surface area contributed by atoms with Gasteiger partial charge in [-0.05, 0) is 31.2 Å². The van der Waals surface area contributed by atoms with Crippen molar-refractivity contribution in [3.8, 4) is 0 Å². The number of halogens is 4. The molecule has 53 heavy (non-hydrogen) atoms. The molecule has 0 aliphatic heterocycles. The van der Waals surface area contributed by atoms with Crippen LogP contribution in [0.4, 0.5) is 11.6 Å². The van der Waals surface area contributed by atoms with Crippen molar-refractivity contribution in [2.45, 2.75) is 20.1 Å². The van der Waals surface area contributed by atoms with Gasteiger partial charge in [-0.25, -0.2) is 94.5 Å². The first kappa shape index (κ1) is 58.3. The first-order valence-corrected chi connectivity index (χ1v) is 16.9. The number of hydrogen-bond acceptors (Lipinski definition) is 26. The van der Waals surface area contributed by atoms with Crippen LogP contribution in [-0.2, 0) is 13.2 Å².